The highest BCUT2D eigenvalue weighted by molar-refractivity contribution is 6.06. The normalized spacial score (nSPS) is 21.6. The largest absolute Gasteiger partial charge is 0.463 e. The summed E-state index contributed by atoms with van der Waals surface area (Å²) in [5, 5.41) is 7.02. The Morgan fingerprint density at radius 1 is 1.40 bits per heavy atom. The number of fused-ring (bicyclic) bond motifs is 1. The third-order valence-electron chi connectivity index (χ3n) is 3.50. The van der Waals surface area contributed by atoms with Crippen molar-refractivity contribution in [2.24, 2.45) is 0 Å². The third-order valence-corrected chi connectivity index (χ3v) is 3.50. The van der Waals surface area contributed by atoms with Crippen molar-refractivity contribution in [1.82, 2.24) is 10.6 Å². The minimum absolute atomic E-state index is 0. The van der Waals surface area contributed by atoms with Gasteiger partial charge < -0.3 is 19.8 Å². The molecule has 1 aliphatic rings. The number of halogens is 1. The molecule has 0 bridgehead atoms. The smallest absolute Gasteiger partial charge is 0.255 e. The van der Waals surface area contributed by atoms with Gasteiger partial charge in [0.25, 0.3) is 5.91 Å². The molecular weight excluding hydrogens is 280 g/mol. The van der Waals surface area contributed by atoms with E-state index in [0.29, 0.717) is 5.56 Å². The van der Waals surface area contributed by atoms with E-state index in [1.54, 1.807) is 7.11 Å². The molecule has 1 aliphatic heterocycles. The van der Waals surface area contributed by atoms with Crippen LogP contribution in [-0.2, 0) is 4.74 Å². The Morgan fingerprint density at radius 3 is 3.00 bits per heavy atom. The molecule has 0 saturated carbocycles. The maximum absolute atomic E-state index is 12.3. The molecule has 2 heterocycles. The summed E-state index contributed by atoms with van der Waals surface area (Å²) in [6.07, 6.45) is 1.52. The van der Waals surface area contributed by atoms with Gasteiger partial charge in [0.2, 0.25) is 0 Å². The first-order valence-electron chi connectivity index (χ1n) is 6.30. The summed E-state index contributed by atoms with van der Waals surface area (Å²) >= 11 is 0. The van der Waals surface area contributed by atoms with Crippen LogP contribution in [0.1, 0.15) is 10.4 Å². The molecule has 5 nitrogen and oxygen atoms in total. The topological polar surface area (TPSA) is 63.5 Å². The van der Waals surface area contributed by atoms with E-state index in [4.69, 9.17) is 9.15 Å². The second-order valence-electron chi connectivity index (χ2n) is 4.66. The first kappa shape index (κ1) is 14.8. The quantitative estimate of drug-likeness (QED) is 0.902. The van der Waals surface area contributed by atoms with Gasteiger partial charge >= 0.3 is 0 Å². The number of hydrogen-bond acceptors (Lipinski definition) is 4. The molecule has 1 saturated heterocycles. The van der Waals surface area contributed by atoms with Crippen molar-refractivity contribution < 1.29 is 13.9 Å². The Bertz CT molecular complexity index is 599. The summed E-state index contributed by atoms with van der Waals surface area (Å²) in [4.78, 5) is 12.3. The van der Waals surface area contributed by atoms with Crippen LogP contribution in [0, 0.1) is 0 Å². The van der Waals surface area contributed by atoms with Crippen LogP contribution >= 0.6 is 12.4 Å². The van der Waals surface area contributed by atoms with E-state index in [1.165, 1.54) is 6.26 Å². The van der Waals surface area contributed by atoms with E-state index in [-0.39, 0.29) is 30.5 Å². The average Bonchev–Trinajstić information content (AvgIpc) is 3.04. The van der Waals surface area contributed by atoms with Crippen LogP contribution in [0.3, 0.4) is 0 Å². The van der Waals surface area contributed by atoms with Gasteiger partial charge in [0.1, 0.15) is 11.8 Å². The van der Waals surface area contributed by atoms with E-state index in [0.717, 1.165) is 24.1 Å². The SMILES string of the molecule is CO[C@H]1CNCC1NC(=O)c1coc2ccccc12.Cl. The van der Waals surface area contributed by atoms with Gasteiger partial charge in [0.05, 0.1) is 17.7 Å². The molecule has 1 aromatic heterocycles. The molecule has 3 rings (SSSR count). The second kappa shape index (κ2) is 6.26. The monoisotopic (exact) mass is 296 g/mol. The number of rotatable bonds is 3. The molecule has 20 heavy (non-hydrogen) atoms. The molecule has 2 atom stereocenters. The van der Waals surface area contributed by atoms with Gasteiger partial charge in [0, 0.05) is 25.6 Å². The van der Waals surface area contributed by atoms with E-state index in [1.807, 2.05) is 24.3 Å². The van der Waals surface area contributed by atoms with Crippen molar-refractivity contribution in [3.05, 3.63) is 36.1 Å². The highest BCUT2D eigenvalue weighted by atomic mass is 35.5. The number of nitrogens with one attached hydrogen (secondary N) is 2. The number of amides is 1. The molecule has 0 aliphatic carbocycles. The summed E-state index contributed by atoms with van der Waals surface area (Å²) in [7, 11) is 1.66. The minimum Gasteiger partial charge on any atom is -0.463 e. The third kappa shape index (κ3) is 2.65. The summed E-state index contributed by atoms with van der Waals surface area (Å²) < 4.78 is 10.7. The van der Waals surface area contributed by atoms with Gasteiger partial charge in [-0.25, -0.2) is 0 Å². The summed E-state index contributed by atoms with van der Waals surface area (Å²) in [5.74, 6) is -0.124. The number of carbonyl (C=O) groups is 1. The average molecular weight is 297 g/mol. The van der Waals surface area contributed by atoms with Gasteiger partial charge in [-0.05, 0) is 6.07 Å². The molecule has 1 amide bonds. The summed E-state index contributed by atoms with van der Waals surface area (Å²) in [5.41, 5.74) is 1.29. The molecule has 1 aromatic carbocycles. The number of ether oxygens (including phenoxy) is 1. The predicted molar refractivity (Wildman–Crippen MR) is 78.4 cm³/mol. The van der Waals surface area contributed by atoms with Gasteiger partial charge in [0.15, 0.2) is 0 Å². The maximum Gasteiger partial charge on any atom is 0.255 e. The van der Waals surface area contributed by atoms with Crippen LogP contribution in [0.5, 0.6) is 0 Å². The van der Waals surface area contributed by atoms with E-state index in [9.17, 15) is 4.79 Å². The van der Waals surface area contributed by atoms with Gasteiger partial charge in [-0.15, -0.1) is 12.4 Å². The van der Waals surface area contributed by atoms with Gasteiger partial charge in [-0.3, -0.25) is 4.79 Å². The molecule has 1 unspecified atom stereocenters. The number of para-hydroxylation sites is 1. The second-order valence-corrected chi connectivity index (χ2v) is 4.66. The molecule has 6 heteroatoms. The Labute approximate surface area is 123 Å². The first-order chi connectivity index (χ1) is 9.29. The Hall–Kier alpha value is -1.56. The lowest BCUT2D eigenvalue weighted by atomic mass is 10.1. The molecule has 0 radical (unpaired) electrons. The maximum atomic E-state index is 12.3. The fourth-order valence-electron chi connectivity index (χ4n) is 2.45. The van der Waals surface area contributed by atoms with Crippen molar-refractivity contribution >= 4 is 29.3 Å². The van der Waals surface area contributed by atoms with Crippen LogP contribution in [0.25, 0.3) is 11.0 Å². The Morgan fingerprint density at radius 2 is 2.20 bits per heavy atom. The van der Waals surface area contributed by atoms with Crippen molar-refractivity contribution in [2.45, 2.75) is 12.1 Å². The molecule has 108 valence electrons. The highest BCUT2D eigenvalue weighted by Crippen LogP contribution is 2.20. The number of benzene rings is 1. The Balaban J connectivity index is 0.00000147. The number of furan rings is 1. The van der Waals surface area contributed by atoms with E-state index in [2.05, 4.69) is 10.6 Å². The molecule has 0 spiro atoms. The fraction of sp³-hybridized carbons (Fsp3) is 0.357. The van der Waals surface area contributed by atoms with Crippen molar-refractivity contribution in [3.8, 4) is 0 Å². The zero-order chi connectivity index (χ0) is 13.2. The standard InChI is InChI=1S/C14H16N2O3.ClH/c1-18-13-7-15-6-11(13)16-14(17)10-8-19-12-5-3-2-4-9(10)12;/h2-5,8,11,13,15H,6-7H2,1H3,(H,16,17);1H/t11?,13-;/m0./s1. The fourth-order valence-corrected chi connectivity index (χ4v) is 2.45. The van der Waals surface area contributed by atoms with Gasteiger partial charge in [-0.1, -0.05) is 18.2 Å². The van der Waals surface area contributed by atoms with Crippen LogP contribution in [0.4, 0.5) is 0 Å². The van der Waals surface area contributed by atoms with Crippen LogP contribution in [0.2, 0.25) is 0 Å². The molecular formula is C14H17ClN2O3. The number of hydrogen-bond donors (Lipinski definition) is 2. The van der Waals surface area contributed by atoms with E-state index >= 15 is 0 Å². The van der Waals surface area contributed by atoms with Crippen molar-refractivity contribution in [1.29, 1.82) is 0 Å². The zero-order valence-corrected chi connectivity index (χ0v) is 11.9. The lowest BCUT2D eigenvalue weighted by Crippen LogP contribution is -2.43. The summed E-state index contributed by atoms with van der Waals surface area (Å²) in [6.45, 7) is 1.48. The highest BCUT2D eigenvalue weighted by Gasteiger charge is 2.29. The van der Waals surface area contributed by atoms with Crippen LogP contribution in [0.15, 0.2) is 34.9 Å². The number of methoxy groups -OCH3 is 1. The van der Waals surface area contributed by atoms with Crippen molar-refractivity contribution in [2.75, 3.05) is 20.2 Å². The lowest BCUT2D eigenvalue weighted by molar-refractivity contribution is 0.0780. The molecule has 2 aromatic rings. The predicted octanol–water partition coefficient (Wildman–Crippen LogP) is 1.57. The van der Waals surface area contributed by atoms with Crippen molar-refractivity contribution in [3.63, 3.8) is 0 Å². The molecule has 2 N–H and O–H groups in total. The molecule has 1 fully saturated rings. The Kier molecular flexibility index (Phi) is 4.65. The lowest BCUT2D eigenvalue weighted by Gasteiger charge is -2.18. The summed E-state index contributed by atoms with van der Waals surface area (Å²) in [6, 6.07) is 7.50. The van der Waals surface area contributed by atoms with E-state index < -0.39 is 0 Å². The van der Waals surface area contributed by atoms with Crippen LogP contribution < -0.4 is 10.6 Å². The first-order valence-corrected chi connectivity index (χ1v) is 6.30. The minimum atomic E-state index is -0.124. The van der Waals surface area contributed by atoms with Crippen LogP contribution in [-0.4, -0.2) is 38.3 Å². The number of carbonyl (C=O) groups excluding carboxylic acids is 1. The zero-order valence-electron chi connectivity index (χ0n) is 11.1. The van der Waals surface area contributed by atoms with Gasteiger partial charge in [-0.2, -0.15) is 0 Å².